The first-order valence-corrected chi connectivity index (χ1v) is 6.68. The number of aromatic nitrogens is 1. The number of carboxylic acid groups (broad SMARTS) is 1. The molecule has 1 rings (SSSR count). The summed E-state index contributed by atoms with van der Waals surface area (Å²) < 4.78 is 0. The van der Waals surface area contributed by atoms with Gasteiger partial charge < -0.3 is 16.2 Å². The van der Waals surface area contributed by atoms with Crippen molar-refractivity contribution >= 4 is 29.2 Å². The van der Waals surface area contributed by atoms with Gasteiger partial charge in [0.15, 0.2) is 0 Å². The zero-order valence-corrected chi connectivity index (χ0v) is 10.8. The highest BCUT2D eigenvalue weighted by molar-refractivity contribution is 7.98. The van der Waals surface area contributed by atoms with Gasteiger partial charge in [0.25, 0.3) is 0 Å². The van der Waals surface area contributed by atoms with Crippen LogP contribution in [0.3, 0.4) is 0 Å². The fraction of sp³-hybridized carbons (Fsp3) is 0.455. The zero-order chi connectivity index (χ0) is 12.8. The molecule has 0 bridgehead atoms. The minimum Gasteiger partial charge on any atom is -0.478 e. The maximum atomic E-state index is 10.7. The number of anilines is 2. The quantitative estimate of drug-likeness (QED) is 0.719. The molecule has 0 aliphatic rings. The largest absolute Gasteiger partial charge is 0.478 e. The number of pyridine rings is 1. The van der Waals surface area contributed by atoms with Crippen molar-refractivity contribution in [2.45, 2.75) is 19.4 Å². The summed E-state index contributed by atoms with van der Waals surface area (Å²) >= 11 is 1.78. The number of hydrogen-bond acceptors (Lipinski definition) is 5. The molecule has 5 nitrogen and oxygen atoms in total. The highest BCUT2D eigenvalue weighted by atomic mass is 32.2. The molecular weight excluding hydrogens is 238 g/mol. The second kappa shape index (κ2) is 6.34. The van der Waals surface area contributed by atoms with Gasteiger partial charge >= 0.3 is 5.97 Å². The Bertz CT molecular complexity index is 398. The molecule has 0 fully saturated rings. The lowest BCUT2D eigenvalue weighted by atomic mass is 10.2. The Balaban J connectivity index is 2.69. The molecule has 0 aliphatic heterocycles. The van der Waals surface area contributed by atoms with E-state index in [-0.39, 0.29) is 11.6 Å². The third-order valence-electron chi connectivity index (χ3n) is 2.30. The van der Waals surface area contributed by atoms with E-state index in [9.17, 15) is 4.79 Å². The van der Waals surface area contributed by atoms with Crippen molar-refractivity contribution in [1.29, 1.82) is 0 Å². The maximum Gasteiger partial charge on any atom is 0.337 e. The Hall–Kier alpha value is -1.43. The summed E-state index contributed by atoms with van der Waals surface area (Å²) in [6, 6.07) is 1.67. The van der Waals surface area contributed by atoms with E-state index in [4.69, 9.17) is 10.8 Å². The van der Waals surface area contributed by atoms with Crippen molar-refractivity contribution in [3.63, 3.8) is 0 Å². The number of carboxylic acids is 1. The van der Waals surface area contributed by atoms with Gasteiger partial charge in [0.1, 0.15) is 5.82 Å². The molecule has 0 amide bonds. The molecule has 4 N–H and O–H groups in total. The van der Waals surface area contributed by atoms with E-state index in [1.807, 2.05) is 6.92 Å². The highest BCUT2D eigenvalue weighted by Gasteiger charge is 2.09. The number of nitrogens with zero attached hydrogens (tertiary/aromatic N) is 1. The average molecular weight is 255 g/mol. The van der Waals surface area contributed by atoms with Crippen LogP contribution in [0.1, 0.15) is 23.7 Å². The monoisotopic (exact) mass is 255 g/mol. The summed E-state index contributed by atoms with van der Waals surface area (Å²) in [5, 5.41) is 11.9. The van der Waals surface area contributed by atoms with E-state index in [1.165, 1.54) is 12.3 Å². The van der Waals surface area contributed by atoms with Gasteiger partial charge in [-0.2, -0.15) is 11.8 Å². The third kappa shape index (κ3) is 4.14. The minimum atomic E-state index is -1.02. The van der Waals surface area contributed by atoms with Crippen LogP contribution in [0.4, 0.5) is 11.5 Å². The molecule has 0 spiro atoms. The first kappa shape index (κ1) is 13.6. The standard InChI is InChI=1S/C11H17N3O2S/c1-7(3-4-17-2)14-10-9(12)5-8(6-13-10)11(15)16/h5-7H,3-4,12H2,1-2H3,(H,13,14)(H,15,16). The topological polar surface area (TPSA) is 88.2 Å². The van der Waals surface area contributed by atoms with Crippen LogP contribution in [0.2, 0.25) is 0 Å². The number of aromatic carboxylic acids is 1. The van der Waals surface area contributed by atoms with Crippen LogP contribution in [0, 0.1) is 0 Å². The summed E-state index contributed by atoms with van der Waals surface area (Å²) in [6.07, 6.45) is 4.37. The molecule has 17 heavy (non-hydrogen) atoms. The van der Waals surface area contributed by atoms with Crippen molar-refractivity contribution in [3.05, 3.63) is 17.8 Å². The number of nitrogens with one attached hydrogen (secondary N) is 1. The van der Waals surface area contributed by atoms with Crippen molar-refractivity contribution in [3.8, 4) is 0 Å². The van der Waals surface area contributed by atoms with Crippen LogP contribution in [-0.4, -0.2) is 34.1 Å². The molecule has 94 valence electrons. The van der Waals surface area contributed by atoms with Crippen LogP contribution in [0.15, 0.2) is 12.3 Å². The number of nitrogens with two attached hydrogens (primary N) is 1. The lowest BCUT2D eigenvalue weighted by Crippen LogP contribution is -2.18. The van der Waals surface area contributed by atoms with E-state index in [1.54, 1.807) is 11.8 Å². The molecule has 0 aliphatic carbocycles. The number of thioether (sulfide) groups is 1. The molecular formula is C11H17N3O2S. The van der Waals surface area contributed by atoms with E-state index < -0.39 is 5.97 Å². The Morgan fingerprint density at radius 3 is 2.94 bits per heavy atom. The molecule has 1 atom stereocenters. The summed E-state index contributed by atoms with van der Waals surface area (Å²) in [4.78, 5) is 14.7. The van der Waals surface area contributed by atoms with Crippen LogP contribution in [-0.2, 0) is 0 Å². The van der Waals surface area contributed by atoms with E-state index in [2.05, 4.69) is 16.6 Å². The van der Waals surface area contributed by atoms with Crippen LogP contribution < -0.4 is 11.1 Å². The second-order valence-corrected chi connectivity index (χ2v) is 4.78. The maximum absolute atomic E-state index is 10.7. The molecule has 0 saturated carbocycles. The lowest BCUT2D eigenvalue weighted by molar-refractivity contribution is 0.0696. The fourth-order valence-corrected chi connectivity index (χ4v) is 1.91. The molecule has 0 saturated heterocycles. The number of nitrogen functional groups attached to an aromatic ring is 1. The van der Waals surface area contributed by atoms with Gasteiger partial charge in [0, 0.05) is 12.2 Å². The van der Waals surface area contributed by atoms with Crippen LogP contribution in [0.5, 0.6) is 0 Å². The molecule has 1 aromatic rings. The summed E-state index contributed by atoms with van der Waals surface area (Å²) in [5.74, 6) is 0.580. The van der Waals surface area contributed by atoms with Crippen LogP contribution in [0.25, 0.3) is 0 Å². The Kier molecular flexibility index (Phi) is 5.09. The van der Waals surface area contributed by atoms with Gasteiger partial charge in [-0.15, -0.1) is 0 Å². The first-order chi connectivity index (χ1) is 8.04. The van der Waals surface area contributed by atoms with Crippen molar-refractivity contribution in [2.24, 2.45) is 0 Å². The third-order valence-corrected chi connectivity index (χ3v) is 2.95. The fourth-order valence-electron chi connectivity index (χ4n) is 1.32. The molecule has 1 heterocycles. The van der Waals surface area contributed by atoms with Crippen molar-refractivity contribution in [2.75, 3.05) is 23.1 Å². The van der Waals surface area contributed by atoms with Gasteiger partial charge in [0.05, 0.1) is 11.3 Å². The van der Waals surface area contributed by atoms with Gasteiger partial charge in [-0.25, -0.2) is 9.78 Å². The predicted octanol–water partition coefficient (Wildman–Crippen LogP) is 1.92. The molecule has 1 unspecified atom stereocenters. The Morgan fingerprint density at radius 1 is 1.71 bits per heavy atom. The smallest absolute Gasteiger partial charge is 0.337 e. The molecule has 0 aromatic carbocycles. The Labute approximate surface area is 105 Å². The van der Waals surface area contributed by atoms with Crippen molar-refractivity contribution in [1.82, 2.24) is 4.98 Å². The van der Waals surface area contributed by atoms with E-state index >= 15 is 0 Å². The van der Waals surface area contributed by atoms with Gasteiger partial charge in [-0.05, 0) is 31.4 Å². The first-order valence-electron chi connectivity index (χ1n) is 5.29. The highest BCUT2D eigenvalue weighted by Crippen LogP contribution is 2.18. The second-order valence-electron chi connectivity index (χ2n) is 3.79. The van der Waals surface area contributed by atoms with Crippen LogP contribution >= 0.6 is 11.8 Å². The molecule has 1 aromatic heterocycles. The number of rotatable bonds is 6. The average Bonchev–Trinajstić information content (AvgIpc) is 2.28. The van der Waals surface area contributed by atoms with Gasteiger partial charge in [0.2, 0.25) is 0 Å². The van der Waals surface area contributed by atoms with E-state index in [0.717, 1.165) is 12.2 Å². The zero-order valence-electron chi connectivity index (χ0n) is 9.93. The SMILES string of the molecule is CSCCC(C)Nc1ncc(C(=O)O)cc1N. The number of hydrogen-bond donors (Lipinski definition) is 3. The lowest BCUT2D eigenvalue weighted by Gasteiger charge is -2.15. The number of carbonyl (C=O) groups is 1. The molecule has 0 radical (unpaired) electrons. The predicted molar refractivity (Wildman–Crippen MR) is 71.7 cm³/mol. The summed E-state index contributed by atoms with van der Waals surface area (Å²) in [6.45, 7) is 2.04. The normalized spacial score (nSPS) is 12.1. The van der Waals surface area contributed by atoms with Crippen molar-refractivity contribution < 1.29 is 9.90 Å². The molecule has 6 heteroatoms. The summed E-state index contributed by atoms with van der Waals surface area (Å²) in [5.41, 5.74) is 6.21. The Morgan fingerprint density at radius 2 is 2.41 bits per heavy atom. The van der Waals surface area contributed by atoms with Gasteiger partial charge in [-0.3, -0.25) is 0 Å². The van der Waals surface area contributed by atoms with E-state index in [0.29, 0.717) is 11.5 Å². The summed E-state index contributed by atoms with van der Waals surface area (Å²) in [7, 11) is 0. The minimum absolute atomic E-state index is 0.102. The van der Waals surface area contributed by atoms with Gasteiger partial charge in [-0.1, -0.05) is 0 Å².